The van der Waals surface area contributed by atoms with Crippen molar-refractivity contribution in [1.82, 2.24) is 5.32 Å². The fraction of sp³-hybridized carbons (Fsp3) is 0.435. The Balaban J connectivity index is 1.61. The SMILES string of the molecule is COc1ccc([C@H]2OC[C@H]3O[C@@H](SC)[C@H](OP(O)O)[C@@H](NC(=O)c4ccc(C)cc4)[C@H]3O2)cc1. The maximum Gasteiger partial charge on any atom is 0.327 e. The maximum absolute atomic E-state index is 13.1. The highest BCUT2D eigenvalue weighted by molar-refractivity contribution is 7.99. The first-order chi connectivity index (χ1) is 16.4. The molecule has 2 heterocycles. The average Bonchev–Trinajstić information content (AvgIpc) is 2.85. The molecule has 4 rings (SSSR count). The van der Waals surface area contributed by atoms with E-state index in [4.69, 9.17) is 23.5 Å². The van der Waals surface area contributed by atoms with Crippen LogP contribution in [-0.2, 0) is 18.7 Å². The molecule has 0 radical (unpaired) electrons. The van der Waals surface area contributed by atoms with Crippen LogP contribution in [0.1, 0.15) is 27.8 Å². The summed E-state index contributed by atoms with van der Waals surface area (Å²) in [5.74, 6) is 0.382. The summed E-state index contributed by atoms with van der Waals surface area (Å²) in [5.41, 5.74) is 1.72. The minimum Gasteiger partial charge on any atom is -0.497 e. The van der Waals surface area contributed by atoms with Gasteiger partial charge in [0.1, 0.15) is 29.5 Å². The highest BCUT2D eigenvalue weighted by atomic mass is 32.2. The van der Waals surface area contributed by atoms with Gasteiger partial charge in [0.15, 0.2) is 6.29 Å². The van der Waals surface area contributed by atoms with E-state index in [1.807, 2.05) is 49.6 Å². The fourth-order valence-electron chi connectivity index (χ4n) is 4.04. The normalized spacial score (nSPS) is 28.9. The molecular formula is C23H28NO8PS. The van der Waals surface area contributed by atoms with Gasteiger partial charge in [0.2, 0.25) is 0 Å². The lowest BCUT2D eigenvalue weighted by atomic mass is 9.95. The van der Waals surface area contributed by atoms with Crippen molar-refractivity contribution >= 4 is 26.3 Å². The first kappa shape index (κ1) is 25.3. The lowest BCUT2D eigenvalue weighted by molar-refractivity contribution is -0.297. The van der Waals surface area contributed by atoms with Crippen LogP contribution < -0.4 is 10.1 Å². The molecule has 0 unspecified atom stereocenters. The van der Waals surface area contributed by atoms with Gasteiger partial charge in [-0.2, -0.15) is 0 Å². The predicted molar refractivity (Wildman–Crippen MR) is 127 cm³/mol. The Morgan fingerprint density at radius 2 is 1.82 bits per heavy atom. The molecule has 6 atom stereocenters. The fourth-order valence-corrected chi connectivity index (χ4v) is 5.33. The molecule has 9 nitrogen and oxygen atoms in total. The zero-order chi connectivity index (χ0) is 24.2. The largest absolute Gasteiger partial charge is 0.497 e. The Labute approximate surface area is 203 Å². The molecule has 11 heteroatoms. The van der Waals surface area contributed by atoms with E-state index in [-0.39, 0.29) is 12.5 Å². The Hall–Kier alpha value is -1.75. The number of benzene rings is 2. The van der Waals surface area contributed by atoms with Crippen LogP contribution in [0, 0.1) is 6.92 Å². The van der Waals surface area contributed by atoms with Crippen molar-refractivity contribution in [2.24, 2.45) is 0 Å². The number of rotatable bonds is 7. The smallest absolute Gasteiger partial charge is 0.327 e. The number of thioether (sulfide) groups is 1. The molecule has 184 valence electrons. The van der Waals surface area contributed by atoms with Gasteiger partial charge in [0.05, 0.1) is 19.8 Å². The van der Waals surface area contributed by atoms with Crippen LogP contribution in [0.5, 0.6) is 5.75 Å². The Kier molecular flexibility index (Phi) is 8.44. The molecule has 3 N–H and O–H groups in total. The minimum atomic E-state index is -2.70. The van der Waals surface area contributed by atoms with Gasteiger partial charge in [-0.1, -0.05) is 29.8 Å². The third kappa shape index (κ3) is 5.72. The van der Waals surface area contributed by atoms with Crippen molar-refractivity contribution < 1.29 is 38.1 Å². The third-order valence-electron chi connectivity index (χ3n) is 5.79. The second kappa shape index (κ2) is 11.3. The summed E-state index contributed by atoms with van der Waals surface area (Å²) in [6, 6.07) is 13.7. The number of amides is 1. The van der Waals surface area contributed by atoms with Crippen LogP contribution in [0.25, 0.3) is 0 Å². The number of aryl methyl sites for hydroxylation is 1. The Morgan fingerprint density at radius 3 is 2.44 bits per heavy atom. The van der Waals surface area contributed by atoms with E-state index >= 15 is 0 Å². The number of fused-ring (bicyclic) bond motifs is 1. The van der Waals surface area contributed by atoms with Crippen molar-refractivity contribution in [3.05, 3.63) is 65.2 Å². The van der Waals surface area contributed by atoms with E-state index in [2.05, 4.69) is 5.32 Å². The second-order valence-corrected chi connectivity index (χ2v) is 9.66. The Morgan fingerprint density at radius 1 is 1.12 bits per heavy atom. The molecule has 0 aromatic heterocycles. The van der Waals surface area contributed by atoms with Gasteiger partial charge in [-0.15, -0.1) is 11.8 Å². The zero-order valence-corrected chi connectivity index (χ0v) is 20.7. The zero-order valence-electron chi connectivity index (χ0n) is 19.0. The summed E-state index contributed by atoms with van der Waals surface area (Å²) in [4.78, 5) is 32.4. The number of hydrogen-bond acceptors (Lipinski definition) is 9. The number of hydrogen-bond donors (Lipinski definition) is 3. The molecule has 34 heavy (non-hydrogen) atoms. The molecule has 1 amide bonds. The summed E-state index contributed by atoms with van der Waals surface area (Å²) < 4.78 is 29.0. The van der Waals surface area contributed by atoms with Gasteiger partial charge in [-0.3, -0.25) is 4.79 Å². The standard InChI is InChI=1S/C23H28NO8PS/c1-13-4-6-14(7-5-13)21(25)24-18-19-17(30-23(34-3)20(18)32-33(26)27)12-29-22(31-19)15-8-10-16(28-2)11-9-15/h4-11,17-20,22-23,26-27H,12H2,1-3H3,(H,24,25)/t17-,18+,19+,20-,22+,23+/m1/s1. The first-order valence-corrected chi connectivity index (χ1v) is 13.2. The van der Waals surface area contributed by atoms with E-state index in [0.717, 1.165) is 11.1 Å². The quantitative estimate of drug-likeness (QED) is 0.485. The second-order valence-electron chi connectivity index (χ2n) is 8.01. The highest BCUT2D eigenvalue weighted by Crippen LogP contribution is 2.41. The van der Waals surface area contributed by atoms with Crippen molar-refractivity contribution in [2.45, 2.75) is 43.0 Å². The number of nitrogens with one attached hydrogen (secondary N) is 1. The van der Waals surface area contributed by atoms with Gasteiger partial charge >= 0.3 is 8.60 Å². The molecule has 2 aromatic carbocycles. The lowest BCUT2D eigenvalue weighted by Gasteiger charge is -2.49. The molecule has 2 aliphatic rings. The Bertz CT molecular complexity index is 960. The van der Waals surface area contributed by atoms with Crippen LogP contribution in [0.15, 0.2) is 48.5 Å². The predicted octanol–water partition coefficient (Wildman–Crippen LogP) is 2.90. The van der Waals surface area contributed by atoms with E-state index in [0.29, 0.717) is 11.3 Å². The van der Waals surface area contributed by atoms with Crippen LogP contribution >= 0.6 is 20.4 Å². The molecule has 0 saturated carbocycles. The van der Waals surface area contributed by atoms with Crippen LogP contribution in [0.3, 0.4) is 0 Å². The molecule has 0 spiro atoms. The summed E-state index contributed by atoms with van der Waals surface area (Å²) >= 11 is 1.35. The topological polar surface area (TPSA) is 116 Å². The number of methoxy groups -OCH3 is 1. The van der Waals surface area contributed by atoms with Crippen LogP contribution in [0.2, 0.25) is 0 Å². The number of ether oxygens (including phenoxy) is 4. The summed E-state index contributed by atoms with van der Waals surface area (Å²) in [7, 11) is -1.11. The lowest BCUT2D eigenvalue weighted by Crippen LogP contribution is -2.66. The van der Waals surface area contributed by atoms with Crippen molar-refractivity contribution in [3.63, 3.8) is 0 Å². The maximum atomic E-state index is 13.1. The molecular weight excluding hydrogens is 481 g/mol. The first-order valence-electron chi connectivity index (χ1n) is 10.7. The monoisotopic (exact) mass is 509 g/mol. The van der Waals surface area contributed by atoms with E-state index in [9.17, 15) is 14.6 Å². The number of carbonyl (C=O) groups excluding carboxylic acids is 1. The summed E-state index contributed by atoms with van der Waals surface area (Å²) in [5, 5.41) is 2.99. The molecule has 0 aliphatic carbocycles. The summed E-state index contributed by atoms with van der Waals surface area (Å²) in [6.45, 7) is 2.17. The van der Waals surface area contributed by atoms with Gasteiger partial charge in [0.25, 0.3) is 5.91 Å². The molecule has 2 fully saturated rings. The minimum absolute atomic E-state index is 0.231. The van der Waals surface area contributed by atoms with E-state index < -0.39 is 44.7 Å². The van der Waals surface area contributed by atoms with E-state index in [1.165, 1.54) is 11.8 Å². The molecule has 2 aromatic rings. The third-order valence-corrected chi connectivity index (χ3v) is 7.07. The van der Waals surface area contributed by atoms with Crippen LogP contribution in [-0.4, -0.2) is 65.5 Å². The highest BCUT2D eigenvalue weighted by Gasteiger charge is 2.51. The van der Waals surface area contributed by atoms with Crippen molar-refractivity contribution in [3.8, 4) is 5.75 Å². The average molecular weight is 510 g/mol. The van der Waals surface area contributed by atoms with Gasteiger partial charge in [0, 0.05) is 11.1 Å². The van der Waals surface area contributed by atoms with Crippen LogP contribution in [0.4, 0.5) is 0 Å². The van der Waals surface area contributed by atoms with Gasteiger partial charge in [-0.25, -0.2) is 0 Å². The van der Waals surface area contributed by atoms with Crippen molar-refractivity contribution in [2.75, 3.05) is 20.0 Å². The molecule has 0 bridgehead atoms. The van der Waals surface area contributed by atoms with Gasteiger partial charge < -0.3 is 38.6 Å². The van der Waals surface area contributed by atoms with E-state index in [1.54, 1.807) is 19.2 Å². The van der Waals surface area contributed by atoms with Crippen molar-refractivity contribution in [1.29, 1.82) is 0 Å². The molecule has 2 saturated heterocycles. The molecule has 2 aliphatic heterocycles. The number of carbonyl (C=O) groups is 1. The summed E-state index contributed by atoms with van der Waals surface area (Å²) in [6.07, 6.45) is -0.883. The van der Waals surface area contributed by atoms with Gasteiger partial charge in [-0.05, 0) is 37.4 Å².